The average Bonchev–Trinajstić information content (AvgIpc) is 3.10. The molecule has 0 bridgehead atoms. The number of aromatic nitrogens is 2. The van der Waals surface area contributed by atoms with Gasteiger partial charge in [-0.15, -0.1) is 0 Å². The summed E-state index contributed by atoms with van der Waals surface area (Å²) in [5.74, 6) is 0.183. The maximum atomic E-state index is 12.8. The molecule has 2 heterocycles. The molecule has 1 aliphatic carbocycles. The van der Waals surface area contributed by atoms with Crippen LogP contribution in [0.2, 0.25) is 0 Å². The van der Waals surface area contributed by atoms with Crippen molar-refractivity contribution in [2.75, 3.05) is 6.54 Å². The van der Waals surface area contributed by atoms with Gasteiger partial charge in [-0.05, 0) is 31.4 Å². The normalized spacial score (nSPS) is 19.8. The maximum absolute atomic E-state index is 12.8. The summed E-state index contributed by atoms with van der Waals surface area (Å²) in [6, 6.07) is 5.00. The Morgan fingerprint density at radius 1 is 1.19 bits per heavy atom. The van der Waals surface area contributed by atoms with E-state index < -0.39 is 11.7 Å². The van der Waals surface area contributed by atoms with Crippen molar-refractivity contribution in [1.82, 2.24) is 15.1 Å². The molecule has 1 amide bonds. The van der Waals surface area contributed by atoms with Crippen molar-refractivity contribution in [2.24, 2.45) is 5.92 Å². The molecule has 27 heavy (non-hydrogen) atoms. The van der Waals surface area contributed by atoms with E-state index in [1.807, 2.05) is 4.90 Å². The number of H-pyrrole nitrogens is 1. The van der Waals surface area contributed by atoms with Gasteiger partial charge in [0.05, 0.1) is 11.3 Å². The minimum Gasteiger partial charge on any atom is -0.338 e. The van der Waals surface area contributed by atoms with Gasteiger partial charge in [-0.3, -0.25) is 9.89 Å². The molecule has 1 N–H and O–H groups in total. The smallest absolute Gasteiger partial charge is 0.338 e. The molecule has 1 aromatic heterocycles. The van der Waals surface area contributed by atoms with E-state index in [2.05, 4.69) is 22.3 Å². The first-order valence-corrected chi connectivity index (χ1v) is 9.11. The van der Waals surface area contributed by atoms with Crippen molar-refractivity contribution < 1.29 is 18.0 Å². The lowest BCUT2D eigenvalue weighted by molar-refractivity contribution is -0.138. The highest BCUT2D eigenvalue weighted by atomic mass is 19.4. The quantitative estimate of drug-likeness (QED) is 0.794. The second-order valence-electron chi connectivity index (χ2n) is 7.10. The summed E-state index contributed by atoms with van der Waals surface area (Å²) in [4.78, 5) is 14.7. The molecule has 0 saturated heterocycles. The molecule has 2 aromatic rings. The zero-order valence-electron chi connectivity index (χ0n) is 14.7. The summed E-state index contributed by atoms with van der Waals surface area (Å²) >= 11 is 0. The molecular weight excluding hydrogens is 355 g/mol. The Labute approximate surface area is 155 Å². The number of benzene rings is 1. The Morgan fingerprint density at radius 3 is 2.63 bits per heavy atom. The van der Waals surface area contributed by atoms with Gasteiger partial charge in [-0.2, -0.15) is 18.3 Å². The van der Waals surface area contributed by atoms with Crippen molar-refractivity contribution in [3.8, 4) is 11.3 Å². The number of carbonyl (C=O) groups excluding carboxylic acids is 1. The fraction of sp³-hybridized carbons (Fsp3) is 0.400. The van der Waals surface area contributed by atoms with E-state index in [1.165, 1.54) is 12.1 Å². The predicted molar refractivity (Wildman–Crippen MR) is 94.6 cm³/mol. The molecule has 2 aliphatic rings. The van der Waals surface area contributed by atoms with E-state index in [0.29, 0.717) is 30.8 Å². The molecular formula is C20H20F3N3O. The second-order valence-corrected chi connectivity index (χ2v) is 7.10. The molecule has 0 fully saturated rings. The predicted octanol–water partition coefficient (Wildman–Crippen LogP) is 4.34. The molecule has 1 atom stereocenters. The minimum absolute atomic E-state index is 0.0259. The van der Waals surface area contributed by atoms with Crippen molar-refractivity contribution in [2.45, 2.75) is 38.4 Å². The lowest BCUT2D eigenvalue weighted by atomic mass is 9.92. The molecule has 7 heteroatoms. The van der Waals surface area contributed by atoms with Crippen LogP contribution in [0.25, 0.3) is 11.3 Å². The van der Waals surface area contributed by atoms with E-state index >= 15 is 0 Å². The number of alkyl halides is 3. The molecule has 4 rings (SSSR count). The van der Waals surface area contributed by atoms with Crippen molar-refractivity contribution in [3.63, 3.8) is 0 Å². The number of hydrogen-bond donors (Lipinski definition) is 1. The third kappa shape index (κ3) is 3.50. The summed E-state index contributed by atoms with van der Waals surface area (Å²) in [5.41, 5.74) is 2.42. The van der Waals surface area contributed by atoms with Crippen LogP contribution in [0.15, 0.2) is 36.4 Å². The number of aromatic amines is 1. The van der Waals surface area contributed by atoms with Crippen LogP contribution in [-0.4, -0.2) is 27.5 Å². The molecule has 0 spiro atoms. The summed E-state index contributed by atoms with van der Waals surface area (Å²) in [6.45, 7) is 1.09. The number of fused-ring (bicyclic) bond motifs is 1. The molecule has 1 aliphatic heterocycles. The third-order valence-corrected chi connectivity index (χ3v) is 5.35. The van der Waals surface area contributed by atoms with Crippen molar-refractivity contribution >= 4 is 5.91 Å². The van der Waals surface area contributed by atoms with Gasteiger partial charge in [-0.25, -0.2) is 0 Å². The van der Waals surface area contributed by atoms with Gasteiger partial charge >= 0.3 is 6.18 Å². The number of halogens is 3. The van der Waals surface area contributed by atoms with E-state index in [0.717, 1.165) is 42.7 Å². The zero-order valence-corrected chi connectivity index (χ0v) is 14.7. The number of amides is 1. The first-order valence-electron chi connectivity index (χ1n) is 9.11. The molecule has 1 aromatic carbocycles. The van der Waals surface area contributed by atoms with Gasteiger partial charge in [0.2, 0.25) is 5.91 Å². The van der Waals surface area contributed by atoms with Gasteiger partial charge in [0, 0.05) is 42.2 Å². The van der Waals surface area contributed by atoms with Crippen molar-refractivity contribution in [1.29, 1.82) is 0 Å². The fourth-order valence-electron chi connectivity index (χ4n) is 3.82. The zero-order chi connectivity index (χ0) is 19.0. The molecule has 0 unspecified atom stereocenters. The Balaban J connectivity index is 1.56. The van der Waals surface area contributed by atoms with Gasteiger partial charge in [-0.1, -0.05) is 24.3 Å². The Morgan fingerprint density at radius 2 is 1.96 bits per heavy atom. The van der Waals surface area contributed by atoms with E-state index in [4.69, 9.17) is 0 Å². The number of hydrogen-bond acceptors (Lipinski definition) is 2. The maximum Gasteiger partial charge on any atom is 0.416 e. The number of nitrogens with one attached hydrogen (secondary N) is 1. The summed E-state index contributed by atoms with van der Waals surface area (Å²) < 4.78 is 38.3. The minimum atomic E-state index is -4.36. The van der Waals surface area contributed by atoms with Gasteiger partial charge < -0.3 is 4.90 Å². The highest BCUT2D eigenvalue weighted by molar-refractivity contribution is 5.80. The van der Waals surface area contributed by atoms with Gasteiger partial charge in [0.15, 0.2) is 0 Å². The fourth-order valence-corrected chi connectivity index (χ4v) is 3.82. The SMILES string of the molecule is O=C([C@@H]1CC=CCC1)N1CCc2[nH]nc(-c3ccc(C(F)(F)F)cc3)c2C1. The van der Waals surface area contributed by atoms with Crippen LogP contribution in [0.5, 0.6) is 0 Å². The van der Waals surface area contributed by atoms with E-state index in [-0.39, 0.29) is 11.8 Å². The average molecular weight is 375 g/mol. The Bertz CT molecular complexity index is 868. The third-order valence-electron chi connectivity index (χ3n) is 5.35. The van der Waals surface area contributed by atoms with Gasteiger partial charge in [0.25, 0.3) is 0 Å². The van der Waals surface area contributed by atoms with E-state index in [9.17, 15) is 18.0 Å². The lowest BCUT2D eigenvalue weighted by Gasteiger charge is -2.31. The topological polar surface area (TPSA) is 49.0 Å². The molecule has 0 radical (unpaired) electrons. The standard InChI is InChI=1S/C20H20F3N3O/c21-20(22,23)15-8-6-13(7-9-15)18-16-12-26(11-10-17(16)24-25-18)19(27)14-4-2-1-3-5-14/h1-2,6-9,14H,3-5,10-12H2,(H,24,25)/t14-/m1/s1. The number of allylic oxidation sites excluding steroid dienone is 2. The Hall–Kier alpha value is -2.57. The van der Waals surface area contributed by atoms with Crippen LogP contribution in [0.3, 0.4) is 0 Å². The molecule has 0 saturated carbocycles. The second kappa shape index (κ2) is 6.87. The first kappa shape index (κ1) is 17.8. The number of nitrogens with zero attached hydrogens (tertiary/aromatic N) is 2. The summed E-state index contributed by atoms with van der Waals surface area (Å²) in [5, 5.41) is 7.30. The lowest BCUT2D eigenvalue weighted by Crippen LogP contribution is -2.40. The first-order chi connectivity index (χ1) is 12.9. The van der Waals surface area contributed by atoms with Crippen LogP contribution in [0.1, 0.15) is 36.1 Å². The highest BCUT2D eigenvalue weighted by Crippen LogP contribution is 2.33. The van der Waals surface area contributed by atoms with Crippen LogP contribution in [0.4, 0.5) is 13.2 Å². The van der Waals surface area contributed by atoms with Crippen LogP contribution >= 0.6 is 0 Å². The molecule has 142 valence electrons. The summed E-state index contributed by atoms with van der Waals surface area (Å²) in [7, 11) is 0. The van der Waals surface area contributed by atoms with E-state index in [1.54, 1.807) is 0 Å². The molecule has 4 nitrogen and oxygen atoms in total. The van der Waals surface area contributed by atoms with Crippen molar-refractivity contribution in [3.05, 3.63) is 53.2 Å². The number of carbonyl (C=O) groups is 1. The van der Waals surface area contributed by atoms with Crippen LogP contribution < -0.4 is 0 Å². The van der Waals surface area contributed by atoms with Crippen LogP contribution in [-0.2, 0) is 23.9 Å². The summed E-state index contributed by atoms with van der Waals surface area (Å²) in [6.07, 6.45) is 3.06. The van der Waals surface area contributed by atoms with Gasteiger partial charge in [0.1, 0.15) is 0 Å². The number of rotatable bonds is 2. The van der Waals surface area contributed by atoms with Crippen LogP contribution in [0, 0.1) is 5.92 Å². The monoisotopic (exact) mass is 375 g/mol. The largest absolute Gasteiger partial charge is 0.416 e. The Kier molecular flexibility index (Phi) is 4.53. The highest BCUT2D eigenvalue weighted by Gasteiger charge is 2.32.